The van der Waals surface area contributed by atoms with Gasteiger partial charge >= 0.3 is 0 Å². The molecule has 25 heavy (non-hydrogen) atoms. The van der Waals surface area contributed by atoms with Crippen LogP contribution in [0.15, 0.2) is 54.6 Å². The number of amides is 1. The lowest BCUT2D eigenvalue weighted by molar-refractivity contribution is 0.0691. The molecule has 2 aromatic rings. The van der Waals surface area contributed by atoms with Gasteiger partial charge in [0.1, 0.15) is 12.4 Å². The monoisotopic (exact) mass is 358 g/mol. The van der Waals surface area contributed by atoms with E-state index < -0.39 is 0 Å². The quantitative estimate of drug-likeness (QED) is 0.912. The van der Waals surface area contributed by atoms with E-state index in [1.807, 2.05) is 59.5 Å². The number of nitrogens with one attached hydrogen (secondary N) is 1. The van der Waals surface area contributed by atoms with E-state index in [0.29, 0.717) is 12.2 Å². The molecule has 2 aliphatic rings. The number of carbonyl (C=O) groups is 1. The molecule has 1 heterocycles. The molecule has 0 unspecified atom stereocenters. The molecule has 2 fully saturated rings. The molecular weight excluding hydrogens is 336 g/mol. The molecule has 4 nitrogen and oxygen atoms in total. The summed E-state index contributed by atoms with van der Waals surface area (Å²) < 4.78 is 5.84. The van der Waals surface area contributed by atoms with Crippen LogP contribution in [0.5, 0.6) is 5.75 Å². The van der Waals surface area contributed by atoms with Crippen LogP contribution in [0.3, 0.4) is 0 Å². The van der Waals surface area contributed by atoms with Gasteiger partial charge in [-0.1, -0.05) is 36.4 Å². The highest BCUT2D eigenvalue weighted by molar-refractivity contribution is 5.94. The normalized spacial score (nSPS) is 17.7. The number of rotatable bonds is 4. The Morgan fingerprint density at radius 1 is 1.12 bits per heavy atom. The van der Waals surface area contributed by atoms with Gasteiger partial charge in [-0.15, -0.1) is 12.4 Å². The first-order chi connectivity index (χ1) is 11.7. The van der Waals surface area contributed by atoms with Crippen LogP contribution < -0.4 is 10.1 Å². The zero-order valence-electron chi connectivity index (χ0n) is 14.1. The van der Waals surface area contributed by atoms with E-state index in [9.17, 15) is 4.79 Å². The third-order valence-electron chi connectivity index (χ3n) is 4.85. The maximum Gasteiger partial charge on any atom is 0.254 e. The largest absolute Gasteiger partial charge is 0.489 e. The van der Waals surface area contributed by atoms with Gasteiger partial charge in [0.05, 0.1) is 0 Å². The molecule has 0 bridgehead atoms. The summed E-state index contributed by atoms with van der Waals surface area (Å²) in [6.45, 7) is 2.99. The predicted octanol–water partition coefficient (Wildman–Crippen LogP) is 3.27. The minimum Gasteiger partial charge on any atom is -0.489 e. The summed E-state index contributed by atoms with van der Waals surface area (Å²) >= 11 is 0. The lowest BCUT2D eigenvalue weighted by Gasteiger charge is -2.34. The summed E-state index contributed by atoms with van der Waals surface area (Å²) in [5.74, 6) is 0.842. The molecule has 0 atom stereocenters. The average molecular weight is 359 g/mol. The van der Waals surface area contributed by atoms with Gasteiger partial charge in [-0.25, -0.2) is 0 Å². The molecule has 4 rings (SSSR count). The van der Waals surface area contributed by atoms with Crippen molar-refractivity contribution in [1.82, 2.24) is 10.2 Å². The Morgan fingerprint density at radius 3 is 2.68 bits per heavy atom. The number of hydrogen-bond acceptors (Lipinski definition) is 3. The summed E-state index contributed by atoms with van der Waals surface area (Å²) in [5.41, 5.74) is 2.03. The number of piperazine rings is 1. The Bertz CT molecular complexity index is 731. The van der Waals surface area contributed by atoms with Crippen LogP contribution in [-0.4, -0.2) is 36.0 Å². The Kier molecular flexibility index (Phi) is 5.30. The smallest absolute Gasteiger partial charge is 0.254 e. The molecule has 1 amide bonds. The fourth-order valence-electron chi connectivity index (χ4n) is 3.26. The highest BCUT2D eigenvalue weighted by Crippen LogP contribution is 2.37. The second kappa shape index (κ2) is 7.46. The van der Waals surface area contributed by atoms with Gasteiger partial charge in [-0.2, -0.15) is 0 Å². The van der Waals surface area contributed by atoms with Crippen LogP contribution in [-0.2, 0) is 6.61 Å². The van der Waals surface area contributed by atoms with Crippen molar-refractivity contribution in [3.05, 3.63) is 65.7 Å². The molecule has 1 saturated heterocycles. The highest BCUT2D eigenvalue weighted by Gasteiger charge is 2.46. The first kappa shape index (κ1) is 17.8. The standard InChI is InChI=1S/C20H22N2O2.ClH/c23-19(22-12-11-21-20(15-22)9-10-20)17-7-4-8-18(13-17)24-14-16-5-2-1-3-6-16;/h1-8,13,21H,9-12,14-15H2;1H. The maximum atomic E-state index is 12.8. The molecule has 0 radical (unpaired) electrons. The van der Waals surface area contributed by atoms with Crippen molar-refractivity contribution >= 4 is 18.3 Å². The van der Waals surface area contributed by atoms with Crippen molar-refractivity contribution in [2.24, 2.45) is 0 Å². The van der Waals surface area contributed by atoms with Gasteiger partial charge in [0.15, 0.2) is 0 Å². The lowest BCUT2D eigenvalue weighted by atomic mass is 10.1. The van der Waals surface area contributed by atoms with E-state index in [4.69, 9.17) is 4.74 Å². The van der Waals surface area contributed by atoms with E-state index in [0.717, 1.165) is 30.9 Å². The number of ether oxygens (including phenoxy) is 1. The molecule has 2 aromatic carbocycles. The number of carbonyl (C=O) groups excluding carboxylic acids is 1. The Labute approximate surface area is 154 Å². The third kappa shape index (κ3) is 4.14. The lowest BCUT2D eigenvalue weighted by Crippen LogP contribution is -2.54. The number of halogens is 1. The molecular formula is C20H23ClN2O2. The molecule has 1 aliphatic heterocycles. The highest BCUT2D eigenvalue weighted by atomic mass is 35.5. The van der Waals surface area contributed by atoms with Crippen molar-refractivity contribution in [2.45, 2.75) is 25.0 Å². The van der Waals surface area contributed by atoms with Crippen LogP contribution in [0.1, 0.15) is 28.8 Å². The van der Waals surface area contributed by atoms with Gasteiger partial charge in [0.25, 0.3) is 5.91 Å². The first-order valence-corrected chi connectivity index (χ1v) is 8.55. The second-order valence-corrected chi connectivity index (χ2v) is 6.74. The van der Waals surface area contributed by atoms with Gasteiger partial charge in [-0.05, 0) is 36.6 Å². The summed E-state index contributed by atoms with van der Waals surface area (Å²) in [5, 5.41) is 3.54. The summed E-state index contributed by atoms with van der Waals surface area (Å²) in [7, 11) is 0. The SMILES string of the molecule is Cl.O=C(c1cccc(OCc2ccccc2)c1)N1CCNC2(CC2)C1. The van der Waals surface area contributed by atoms with Crippen molar-refractivity contribution in [2.75, 3.05) is 19.6 Å². The molecule has 5 heteroatoms. The Hall–Kier alpha value is -2.04. The first-order valence-electron chi connectivity index (χ1n) is 8.55. The van der Waals surface area contributed by atoms with Gasteiger partial charge in [0.2, 0.25) is 0 Å². The topological polar surface area (TPSA) is 41.6 Å². The minimum atomic E-state index is 0. The van der Waals surface area contributed by atoms with Crippen molar-refractivity contribution in [1.29, 1.82) is 0 Å². The Morgan fingerprint density at radius 2 is 1.92 bits per heavy atom. The molecule has 132 valence electrons. The summed E-state index contributed by atoms with van der Waals surface area (Å²) in [4.78, 5) is 14.8. The number of benzene rings is 2. The van der Waals surface area contributed by atoms with Gasteiger partial charge in [0, 0.05) is 30.7 Å². The van der Waals surface area contributed by atoms with Crippen LogP contribution >= 0.6 is 12.4 Å². The zero-order chi connectivity index (χ0) is 16.4. The van der Waals surface area contributed by atoms with Crippen LogP contribution in [0.25, 0.3) is 0 Å². The Balaban J connectivity index is 0.00000182. The van der Waals surface area contributed by atoms with Crippen LogP contribution in [0.2, 0.25) is 0 Å². The van der Waals surface area contributed by atoms with E-state index in [2.05, 4.69) is 5.32 Å². The average Bonchev–Trinajstić information content (AvgIpc) is 3.39. The van der Waals surface area contributed by atoms with E-state index in [-0.39, 0.29) is 23.9 Å². The van der Waals surface area contributed by atoms with E-state index >= 15 is 0 Å². The summed E-state index contributed by atoms with van der Waals surface area (Å²) in [6.07, 6.45) is 2.36. The minimum absolute atomic E-state index is 0. The molecule has 1 spiro atoms. The molecule has 1 aliphatic carbocycles. The van der Waals surface area contributed by atoms with Gasteiger partial charge < -0.3 is 15.0 Å². The van der Waals surface area contributed by atoms with E-state index in [1.54, 1.807) is 0 Å². The number of hydrogen-bond donors (Lipinski definition) is 1. The molecule has 0 aromatic heterocycles. The maximum absolute atomic E-state index is 12.8. The van der Waals surface area contributed by atoms with Crippen molar-refractivity contribution < 1.29 is 9.53 Å². The third-order valence-corrected chi connectivity index (χ3v) is 4.85. The van der Waals surface area contributed by atoms with E-state index in [1.165, 1.54) is 12.8 Å². The van der Waals surface area contributed by atoms with Crippen molar-refractivity contribution in [3.8, 4) is 5.75 Å². The second-order valence-electron chi connectivity index (χ2n) is 6.74. The van der Waals surface area contributed by atoms with Crippen LogP contribution in [0, 0.1) is 0 Å². The van der Waals surface area contributed by atoms with Crippen LogP contribution in [0.4, 0.5) is 0 Å². The molecule has 1 N–H and O–H groups in total. The zero-order valence-corrected chi connectivity index (χ0v) is 14.9. The fourth-order valence-corrected chi connectivity index (χ4v) is 3.26. The summed E-state index contributed by atoms with van der Waals surface area (Å²) in [6, 6.07) is 17.6. The van der Waals surface area contributed by atoms with Gasteiger partial charge in [-0.3, -0.25) is 4.79 Å². The molecule has 1 saturated carbocycles. The van der Waals surface area contributed by atoms with Crippen molar-refractivity contribution in [3.63, 3.8) is 0 Å². The predicted molar refractivity (Wildman–Crippen MR) is 100 cm³/mol. The fraction of sp³-hybridized carbons (Fsp3) is 0.350. The number of nitrogens with zero attached hydrogens (tertiary/aromatic N) is 1.